The molecule has 1 saturated carbocycles. The fourth-order valence-electron chi connectivity index (χ4n) is 4.38. The van der Waals surface area contributed by atoms with Gasteiger partial charge in [-0.15, -0.1) is 17.9 Å². The molecule has 2 unspecified atom stereocenters. The molecule has 0 aliphatic heterocycles. The number of thiophene rings is 1. The number of halogens is 1. The van der Waals surface area contributed by atoms with E-state index < -0.39 is 6.10 Å². The van der Waals surface area contributed by atoms with Crippen molar-refractivity contribution in [1.29, 1.82) is 0 Å². The molecule has 2 aromatic rings. The number of aryl methyl sites for hydroxylation is 1. The zero-order valence-corrected chi connectivity index (χ0v) is 22.3. The SMILES string of the molecule is C=C[C@@H]1CC(=O)[C@H](C/C=C\CCCC)C1/C=C/C(O)CCc1sc2ccccc2c1Cl.COC=O. The molecule has 0 bridgehead atoms. The van der Waals surface area contributed by atoms with Gasteiger partial charge in [-0.1, -0.05) is 79.9 Å². The molecule has 1 aromatic carbocycles. The zero-order chi connectivity index (χ0) is 25.6. The van der Waals surface area contributed by atoms with Crippen molar-refractivity contribution >= 4 is 45.3 Å². The Morgan fingerprint density at radius 1 is 1.31 bits per heavy atom. The number of carbonyl (C=O) groups excluding carboxylic acids is 2. The van der Waals surface area contributed by atoms with E-state index in [0.717, 1.165) is 34.5 Å². The monoisotopic (exact) mass is 516 g/mol. The largest absolute Gasteiger partial charge is 0.471 e. The van der Waals surface area contributed by atoms with Gasteiger partial charge in [0.1, 0.15) is 5.78 Å². The molecule has 4 atom stereocenters. The quantitative estimate of drug-likeness (QED) is 0.182. The van der Waals surface area contributed by atoms with Gasteiger partial charge in [-0.3, -0.25) is 9.59 Å². The molecule has 1 aliphatic rings. The van der Waals surface area contributed by atoms with Gasteiger partial charge in [0.05, 0.1) is 18.2 Å². The summed E-state index contributed by atoms with van der Waals surface area (Å²) in [6.45, 7) is 6.50. The van der Waals surface area contributed by atoms with E-state index >= 15 is 0 Å². The molecule has 6 heteroatoms. The average Bonchev–Trinajstić information content (AvgIpc) is 3.36. The second-order valence-corrected chi connectivity index (χ2v) is 10.3. The number of benzene rings is 1. The Labute approximate surface area is 218 Å². The molecule has 1 aromatic heterocycles. The Morgan fingerprint density at radius 2 is 2.06 bits per heavy atom. The van der Waals surface area contributed by atoms with Crippen LogP contribution in [0.4, 0.5) is 0 Å². The Hall–Kier alpha value is -2.21. The number of ketones is 1. The predicted octanol–water partition coefficient (Wildman–Crippen LogP) is 7.34. The van der Waals surface area contributed by atoms with Crippen LogP contribution in [0, 0.1) is 17.8 Å². The number of carbonyl (C=O) groups is 2. The van der Waals surface area contributed by atoms with E-state index in [0.29, 0.717) is 25.1 Å². The van der Waals surface area contributed by atoms with Gasteiger partial charge in [-0.05, 0) is 43.6 Å². The summed E-state index contributed by atoms with van der Waals surface area (Å²) in [5, 5.41) is 12.5. The van der Waals surface area contributed by atoms with E-state index in [1.165, 1.54) is 24.7 Å². The molecule has 0 amide bonds. The Morgan fingerprint density at radius 3 is 2.71 bits per heavy atom. The molecular weight excluding hydrogens is 480 g/mol. The van der Waals surface area contributed by atoms with Gasteiger partial charge in [-0.25, -0.2) is 0 Å². The number of unbranched alkanes of at least 4 members (excludes halogenated alkanes) is 2. The number of hydrogen-bond acceptors (Lipinski definition) is 5. The minimum Gasteiger partial charge on any atom is -0.471 e. The topological polar surface area (TPSA) is 63.6 Å². The highest BCUT2D eigenvalue weighted by Gasteiger charge is 2.38. The first-order valence-electron chi connectivity index (χ1n) is 12.3. The number of hydrogen-bond donors (Lipinski definition) is 1. The number of allylic oxidation sites excluding steroid dienone is 4. The molecule has 0 saturated heterocycles. The molecule has 0 spiro atoms. The highest BCUT2D eigenvalue weighted by Crippen LogP contribution is 2.39. The maximum Gasteiger partial charge on any atom is 0.292 e. The number of Topliss-reactive ketones (excluding diaryl/α,β-unsaturated/α-hetero) is 1. The lowest BCUT2D eigenvalue weighted by Gasteiger charge is -2.18. The summed E-state index contributed by atoms with van der Waals surface area (Å²) in [6, 6.07) is 8.13. The van der Waals surface area contributed by atoms with Gasteiger partial charge in [0.25, 0.3) is 6.47 Å². The lowest BCUT2D eigenvalue weighted by atomic mass is 9.86. The minimum absolute atomic E-state index is 0.0126. The number of aliphatic hydroxyl groups excluding tert-OH is 1. The van der Waals surface area contributed by atoms with E-state index in [1.54, 1.807) is 11.3 Å². The van der Waals surface area contributed by atoms with Crippen LogP contribution in [0.25, 0.3) is 10.1 Å². The van der Waals surface area contributed by atoms with Crippen molar-refractivity contribution in [3.63, 3.8) is 0 Å². The Bertz CT molecular complexity index is 1010. The van der Waals surface area contributed by atoms with Crippen LogP contribution < -0.4 is 0 Å². The Balaban J connectivity index is 0.00000100. The molecular formula is C29H37ClO4S. The summed E-state index contributed by atoms with van der Waals surface area (Å²) in [7, 11) is 1.31. The molecule has 1 heterocycles. The van der Waals surface area contributed by atoms with Crippen molar-refractivity contribution in [3.8, 4) is 0 Å². The summed E-state index contributed by atoms with van der Waals surface area (Å²) in [6.07, 6.45) is 15.7. The molecule has 1 fully saturated rings. The van der Waals surface area contributed by atoms with E-state index in [9.17, 15) is 9.90 Å². The van der Waals surface area contributed by atoms with Crippen LogP contribution in [0.15, 0.2) is 61.2 Å². The average molecular weight is 517 g/mol. The van der Waals surface area contributed by atoms with Crippen molar-refractivity contribution in [2.45, 2.75) is 58.0 Å². The first-order chi connectivity index (χ1) is 17.0. The maximum absolute atomic E-state index is 12.6. The number of aliphatic hydroxyl groups is 1. The van der Waals surface area contributed by atoms with Gasteiger partial charge < -0.3 is 9.84 Å². The molecule has 0 radical (unpaired) electrons. The highest BCUT2D eigenvalue weighted by molar-refractivity contribution is 7.19. The smallest absolute Gasteiger partial charge is 0.292 e. The maximum atomic E-state index is 12.6. The molecule has 4 nitrogen and oxygen atoms in total. The van der Waals surface area contributed by atoms with Crippen LogP contribution in [0.5, 0.6) is 0 Å². The first kappa shape index (κ1) is 29.0. The molecule has 190 valence electrons. The van der Waals surface area contributed by atoms with Crippen LogP contribution in [0.3, 0.4) is 0 Å². The third kappa shape index (κ3) is 8.75. The van der Waals surface area contributed by atoms with Crippen LogP contribution in [0.2, 0.25) is 5.02 Å². The van der Waals surface area contributed by atoms with E-state index in [2.05, 4.69) is 42.5 Å². The van der Waals surface area contributed by atoms with Crippen molar-refractivity contribution in [2.24, 2.45) is 17.8 Å². The summed E-state index contributed by atoms with van der Waals surface area (Å²) in [5.41, 5.74) is 0. The third-order valence-electron chi connectivity index (χ3n) is 6.31. The van der Waals surface area contributed by atoms with Crippen LogP contribution in [0.1, 0.15) is 50.3 Å². The standard InChI is InChI=1S/C27H33ClO2S.C2H4O2/c1-3-5-6-7-8-11-22-21(19(4-2)18-24(22)30)16-14-20(29)15-17-26-27(28)23-12-9-10-13-25(23)31-26;1-4-2-3/h4,7-10,12-14,16,19-22,29H,2-3,5-6,11,15,17-18H2,1H3;2H,1H3/b8-7-,16-14+;/t19-,20?,21?,22-;/m1./s1. The number of rotatable bonds is 12. The second-order valence-electron chi connectivity index (χ2n) is 8.76. The number of methoxy groups -OCH3 is 1. The molecule has 3 rings (SSSR count). The van der Waals surface area contributed by atoms with Crippen LogP contribution in [-0.4, -0.2) is 30.6 Å². The fraction of sp³-hybridized carbons (Fsp3) is 0.448. The summed E-state index contributed by atoms with van der Waals surface area (Å²) >= 11 is 8.23. The normalized spacial score (nSPS) is 20.8. The van der Waals surface area contributed by atoms with Crippen molar-refractivity contribution in [1.82, 2.24) is 0 Å². The van der Waals surface area contributed by atoms with Crippen LogP contribution >= 0.6 is 22.9 Å². The van der Waals surface area contributed by atoms with Gasteiger partial charge in [0.2, 0.25) is 0 Å². The summed E-state index contributed by atoms with van der Waals surface area (Å²) in [5.74, 6) is 0.568. The van der Waals surface area contributed by atoms with Gasteiger partial charge >= 0.3 is 0 Å². The highest BCUT2D eigenvalue weighted by atomic mass is 35.5. The molecule has 1 N–H and O–H groups in total. The van der Waals surface area contributed by atoms with E-state index in [4.69, 9.17) is 16.4 Å². The van der Waals surface area contributed by atoms with Crippen molar-refractivity contribution < 1.29 is 19.4 Å². The minimum atomic E-state index is -0.553. The number of fused-ring (bicyclic) bond motifs is 1. The van der Waals surface area contributed by atoms with Crippen molar-refractivity contribution in [2.75, 3.05) is 7.11 Å². The third-order valence-corrected chi connectivity index (χ3v) is 8.09. The lowest BCUT2D eigenvalue weighted by molar-refractivity contribution is -0.126. The van der Waals surface area contributed by atoms with Gasteiger partial charge in [-0.2, -0.15) is 0 Å². The molecule has 35 heavy (non-hydrogen) atoms. The van der Waals surface area contributed by atoms with Gasteiger partial charge in [0.15, 0.2) is 0 Å². The van der Waals surface area contributed by atoms with E-state index in [1.807, 2.05) is 30.4 Å². The first-order valence-corrected chi connectivity index (χ1v) is 13.4. The fourth-order valence-corrected chi connectivity index (χ4v) is 5.92. The van der Waals surface area contributed by atoms with E-state index in [-0.39, 0.29) is 17.8 Å². The second kappa shape index (κ2) is 15.7. The van der Waals surface area contributed by atoms with Gasteiger partial charge in [0, 0.05) is 27.3 Å². The molecule has 1 aliphatic carbocycles. The van der Waals surface area contributed by atoms with Crippen molar-refractivity contribution in [3.05, 3.63) is 71.1 Å². The Kier molecular flexibility index (Phi) is 13.0. The van der Waals surface area contributed by atoms with Crippen LogP contribution in [-0.2, 0) is 20.7 Å². The lowest BCUT2D eigenvalue weighted by Crippen LogP contribution is -2.15. The predicted molar refractivity (Wildman–Crippen MR) is 147 cm³/mol. The zero-order valence-electron chi connectivity index (χ0n) is 20.7. The summed E-state index contributed by atoms with van der Waals surface area (Å²) < 4.78 is 5.04. The summed E-state index contributed by atoms with van der Waals surface area (Å²) in [4.78, 5) is 22.6. The number of ether oxygens (including phenoxy) is 1.